The van der Waals surface area contributed by atoms with Crippen molar-refractivity contribution in [3.8, 4) is 6.01 Å². The first kappa shape index (κ1) is 20.1. The number of anilines is 2. The van der Waals surface area contributed by atoms with Crippen molar-refractivity contribution >= 4 is 23.3 Å². The standard InChI is InChI=1S/C22H27N5O3/c1-30-22-25-17-10-11-27(21(29)19(17)20(24)26-22)16-8-6-15(7-9-16)14-4-2-13(3-5-14)12-18(23)28/h6-9,13-14H,2-5,10-12H2,1H3,(H2,23,28)(H2,24,25,26). The molecule has 1 aromatic carbocycles. The van der Waals surface area contributed by atoms with E-state index in [-0.39, 0.29) is 23.6 Å². The molecule has 2 amide bonds. The minimum Gasteiger partial charge on any atom is -0.467 e. The van der Waals surface area contributed by atoms with E-state index < -0.39 is 0 Å². The summed E-state index contributed by atoms with van der Waals surface area (Å²) in [7, 11) is 1.48. The number of nitrogen functional groups attached to an aromatic ring is 1. The zero-order valence-corrected chi connectivity index (χ0v) is 17.1. The van der Waals surface area contributed by atoms with Crippen molar-refractivity contribution in [3.63, 3.8) is 0 Å². The fraction of sp³-hybridized carbons (Fsp3) is 0.455. The quantitative estimate of drug-likeness (QED) is 0.781. The van der Waals surface area contributed by atoms with Gasteiger partial charge in [-0.05, 0) is 55.2 Å². The third-order valence-corrected chi connectivity index (χ3v) is 6.22. The Labute approximate surface area is 175 Å². The van der Waals surface area contributed by atoms with Crippen LogP contribution in [-0.2, 0) is 11.2 Å². The van der Waals surface area contributed by atoms with Crippen molar-refractivity contribution in [1.82, 2.24) is 9.97 Å². The number of ether oxygens (including phenoxy) is 1. The predicted molar refractivity (Wildman–Crippen MR) is 113 cm³/mol. The number of nitrogens with zero attached hydrogens (tertiary/aromatic N) is 3. The Kier molecular flexibility index (Phi) is 5.57. The van der Waals surface area contributed by atoms with Crippen LogP contribution in [0.3, 0.4) is 0 Å². The number of hydrogen-bond acceptors (Lipinski definition) is 6. The molecule has 30 heavy (non-hydrogen) atoms. The summed E-state index contributed by atoms with van der Waals surface area (Å²) in [6, 6.07) is 8.38. The molecule has 0 radical (unpaired) electrons. The average molecular weight is 409 g/mol. The summed E-state index contributed by atoms with van der Waals surface area (Å²) < 4.78 is 5.05. The molecule has 2 aromatic rings. The minimum atomic E-state index is -0.208. The van der Waals surface area contributed by atoms with Crippen LogP contribution in [0, 0.1) is 5.92 Å². The summed E-state index contributed by atoms with van der Waals surface area (Å²) in [5.41, 5.74) is 14.4. The third kappa shape index (κ3) is 3.94. The van der Waals surface area contributed by atoms with Gasteiger partial charge >= 0.3 is 6.01 Å². The number of amides is 2. The summed E-state index contributed by atoms with van der Waals surface area (Å²) in [4.78, 5) is 34.2. The molecule has 1 fully saturated rings. The number of carbonyl (C=O) groups excluding carboxylic acids is 2. The largest absolute Gasteiger partial charge is 0.467 e. The fourth-order valence-electron chi connectivity index (χ4n) is 4.62. The average Bonchev–Trinajstić information content (AvgIpc) is 2.74. The van der Waals surface area contributed by atoms with Gasteiger partial charge in [0.1, 0.15) is 11.4 Å². The minimum absolute atomic E-state index is 0.149. The number of benzene rings is 1. The number of primary amides is 1. The molecule has 1 aromatic heterocycles. The number of rotatable bonds is 5. The molecular weight excluding hydrogens is 382 g/mol. The maximum Gasteiger partial charge on any atom is 0.318 e. The second-order valence-corrected chi connectivity index (χ2v) is 8.10. The van der Waals surface area contributed by atoms with Crippen LogP contribution < -0.4 is 21.1 Å². The molecule has 0 unspecified atom stereocenters. The van der Waals surface area contributed by atoms with Gasteiger partial charge in [-0.15, -0.1) is 0 Å². The lowest BCUT2D eigenvalue weighted by molar-refractivity contribution is -0.119. The van der Waals surface area contributed by atoms with E-state index in [0.717, 1.165) is 31.4 Å². The SMILES string of the molecule is COc1nc(N)c2c(n1)CCN(c1ccc(C3CCC(CC(N)=O)CC3)cc1)C2=O. The van der Waals surface area contributed by atoms with E-state index in [1.54, 1.807) is 4.90 Å². The van der Waals surface area contributed by atoms with E-state index in [2.05, 4.69) is 22.1 Å². The van der Waals surface area contributed by atoms with Gasteiger partial charge in [0.2, 0.25) is 5.91 Å². The van der Waals surface area contributed by atoms with E-state index in [4.69, 9.17) is 16.2 Å². The molecule has 8 nitrogen and oxygen atoms in total. The molecule has 2 heterocycles. The van der Waals surface area contributed by atoms with E-state index >= 15 is 0 Å². The van der Waals surface area contributed by atoms with Gasteiger partial charge in [0.05, 0.1) is 12.8 Å². The van der Waals surface area contributed by atoms with Crippen LogP contribution in [0.1, 0.15) is 59.6 Å². The van der Waals surface area contributed by atoms with Gasteiger partial charge in [-0.2, -0.15) is 9.97 Å². The van der Waals surface area contributed by atoms with Crippen LogP contribution in [-0.4, -0.2) is 35.4 Å². The zero-order valence-electron chi connectivity index (χ0n) is 17.1. The van der Waals surface area contributed by atoms with Gasteiger partial charge in [-0.25, -0.2) is 0 Å². The molecule has 8 heteroatoms. The summed E-state index contributed by atoms with van der Waals surface area (Å²) in [6.45, 7) is 0.531. The Bertz CT molecular complexity index is 952. The molecule has 2 aliphatic rings. The van der Waals surface area contributed by atoms with Gasteiger partial charge in [0, 0.05) is 25.1 Å². The van der Waals surface area contributed by atoms with Crippen molar-refractivity contribution < 1.29 is 14.3 Å². The first-order chi connectivity index (χ1) is 14.5. The third-order valence-electron chi connectivity index (χ3n) is 6.22. The molecule has 0 bridgehead atoms. The van der Waals surface area contributed by atoms with Crippen molar-refractivity contribution in [2.24, 2.45) is 11.7 Å². The normalized spacial score (nSPS) is 21.2. The number of carbonyl (C=O) groups is 2. The highest BCUT2D eigenvalue weighted by Gasteiger charge is 2.30. The molecule has 4 N–H and O–H groups in total. The Morgan fingerprint density at radius 1 is 1.17 bits per heavy atom. The van der Waals surface area contributed by atoms with E-state index in [9.17, 15) is 9.59 Å². The van der Waals surface area contributed by atoms with E-state index in [0.29, 0.717) is 42.5 Å². The molecule has 1 aliphatic carbocycles. The number of nitrogens with two attached hydrogens (primary N) is 2. The number of hydrogen-bond donors (Lipinski definition) is 2. The van der Waals surface area contributed by atoms with Crippen LogP contribution in [0.5, 0.6) is 6.01 Å². The fourth-order valence-corrected chi connectivity index (χ4v) is 4.62. The zero-order chi connectivity index (χ0) is 21.3. The highest BCUT2D eigenvalue weighted by atomic mass is 16.5. The van der Waals surface area contributed by atoms with Gasteiger partial charge in [-0.1, -0.05) is 12.1 Å². The molecule has 0 spiro atoms. The monoisotopic (exact) mass is 409 g/mol. The molecule has 1 aliphatic heterocycles. The smallest absolute Gasteiger partial charge is 0.318 e. The van der Waals surface area contributed by atoms with Gasteiger partial charge in [0.15, 0.2) is 0 Å². The Balaban J connectivity index is 1.46. The van der Waals surface area contributed by atoms with Crippen molar-refractivity contribution in [3.05, 3.63) is 41.1 Å². The number of methoxy groups -OCH3 is 1. The van der Waals surface area contributed by atoms with E-state index in [1.807, 2.05) is 12.1 Å². The summed E-state index contributed by atoms with van der Waals surface area (Å²) >= 11 is 0. The molecule has 158 valence electrons. The Morgan fingerprint density at radius 2 is 1.87 bits per heavy atom. The predicted octanol–water partition coefficient (Wildman–Crippen LogP) is 2.42. The maximum absolute atomic E-state index is 13.0. The van der Waals surface area contributed by atoms with Crippen molar-refractivity contribution in [1.29, 1.82) is 0 Å². The topological polar surface area (TPSA) is 124 Å². The molecule has 0 saturated heterocycles. The molecule has 0 atom stereocenters. The summed E-state index contributed by atoms with van der Waals surface area (Å²) in [6.07, 6.45) is 5.25. The van der Waals surface area contributed by atoms with Crippen LogP contribution >= 0.6 is 0 Å². The molecular formula is C22H27N5O3. The second-order valence-electron chi connectivity index (χ2n) is 8.10. The molecule has 1 saturated carbocycles. The molecule has 4 rings (SSSR count). The highest BCUT2D eigenvalue weighted by molar-refractivity contribution is 6.10. The second kappa shape index (κ2) is 8.30. The van der Waals surface area contributed by atoms with Crippen LogP contribution in [0.2, 0.25) is 0 Å². The van der Waals surface area contributed by atoms with Gasteiger partial charge in [0.25, 0.3) is 5.91 Å². The first-order valence-electron chi connectivity index (χ1n) is 10.4. The highest BCUT2D eigenvalue weighted by Crippen LogP contribution is 2.38. The lowest BCUT2D eigenvalue weighted by Crippen LogP contribution is -2.39. The first-order valence-corrected chi connectivity index (χ1v) is 10.4. The van der Waals surface area contributed by atoms with Crippen LogP contribution in [0.15, 0.2) is 24.3 Å². The Hall–Kier alpha value is -3.16. The van der Waals surface area contributed by atoms with Crippen LogP contribution in [0.4, 0.5) is 11.5 Å². The lowest BCUT2D eigenvalue weighted by atomic mass is 9.77. The van der Waals surface area contributed by atoms with Crippen molar-refractivity contribution in [2.45, 2.75) is 44.4 Å². The maximum atomic E-state index is 13.0. The van der Waals surface area contributed by atoms with Gasteiger partial charge in [-0.3, -0.25) is 9.59 Å². The number of aromatic nitrogens is 2. The lowest BCUT2D eigenvalue weighted by Gasteiger charge is -2.30. The summed E-state index contributed by atoms with van der Waals surface area (Å²) in [5, 5.41) is 0. The van der Waals surface area contributed by atoms with Crippen molar-refractivity contribution in [2.75, 3.05) is 24.3 Å². The van der Waals surface area contributed by atoms with Crippen LogP contribution in [0.25, 0.3) is 0 Å². The van der Waals surface area contributed by atoms with E-state index in [1.165, 1.54) is 12.7 Å². The number of fused-ring (bicyclic) bond motifs is 1. The Morgan fingerprint density at radius 3 is 2.50 bits per heavy atom. The van der Waals surface area contributed by atoms with Gasteiger partial charge < -0.3 is 21.1 Å². The summed E-state index contributed by atoms with van der Waals surface area (Å²) in [5.74, 6) is 0.653.